The Labute approximate surface area is 139 Å². The lowest BCUT2D eigenvalue weighted by Crippen LogP contribution is -2.52. The number of carboxylic acids is 1. The highest BCUT2D eigenvalue weighted by atomic mass is 16.6. The van der Waals surface area contributed by atoms with Crippen molar-refractivity contribution in [3.8, 4) is 0 Å². The number of carboxylic acid groups (broad SMARTS) is 1. The largest absolute Gasteiger partial charge is 0.481 e. The van der Waals surface area contributed by atoms with Gasteiger partial charge in [0.2, 0.25) is 0 Å². The number of amides is 1. The number of methoxy groups -OCH3 is 1. The van der Waals surface area contributed by atoms with Crippen LogP contribution in [0.4, 0.5) is 5.69 Å². The number of piperidine rings is 1. The minimum atomic E-state index is -1.14. The molecule has 1 aliphatic heterocycles. The van der Waals surface area contributed by atoms with Gasteiger partial charge in [-0.3, -0.25) is 19.7 Å². The number of ether oxygens (including phenoxy) is 1. The summed E-state index contributed by atoms with van der Waals surface area (Å²) < 4.78 is 5.04. The minimum Gasteiger partial charge on any atom is -0.481 e. The molecule has 1 aliphatic rings. The van der Waals surface area contributed by atoms with E-state index >= 15 is 0 Å². The fourth-order valence-electron chi connectivity index (χ4n) is 3.06. The summed E-state index contributed by atoms with van der Waals surface area (Å²) in [5, 5.41) is 20.6. The van der Waals surface area contributed by atoms with Crippen LogP contribution in [0.5, 0.6) is 0 Å². The maximum Gasteiger partial charge on any atom is 0.313 e. The van der Waals surface area contributed by atoms with Crippen LogP contribution in [-0.2, 0) is 9.53 Å². The fraction of sp³-hybridized carbons (Fsp3) is 0.500. The Hall–Kier alpha value is -2.48. The standard InChI is InChI=1S/C16H20N2O6/c1-11-4-5-12(8-13(11)18(22)23)14(19)17-7-3-6-16(9-17,10-24-2)15(20)21/h4-5,8H,3,6-7,9-10H2,1-2H3,(H,20,21). The second kappa shape index (κ2) is 6.96. The Balaban J connectivity index is 2.28. The van der Waals surface area contributed by atoms with E-state index in [4.69, 9.17) is 4.74 Å². The summed E-state index contributed by atoms with van der Waals surface area (Å²) in [5.74, 6) is -1.41. The number of nitrogens with zero attached hydrogens (tertiary/aromatic N) is 2. The first-order valence-corrected chi connectivity index (χ1v) is 7.57. The minimum absolute atomic E-state index is 0.0140. The van der Waals surface area contributed by atoms with Gasteiger partial charge in [0.05, 0.1) is 11.5 Å². The van der Waals surface area contributed by atoms with Crippen molar-refractivity contribution in [2.75, 3.05) is 26.8 Å². The monoisotopic (exact) mass is 336 g/mol. The predicted octanol–water partition coefficient (Wildman–Crippen LogP) is 1.86. The number of rotatable bonds is 5. The lowest BCUT2D eigenvalue weighted by atomic mass is 9.80. The number of likely N-dealkylation sites (tertiary alicyclic amines) is 1. The van der Waals surface area contributed by atoms with E-state index < -0.39 is 22.2 Å². The molecule has 1 saturated heterocycles. The molecule has 1 aromatic carbocycles. The fourth-order valence-corrected chi connectivity index (χ4v) is 3.06. The molecule has 0 spiro atoms. The first kappa shape index (κ1) is 17.9. The van der Waals surface area contributed by atoms with Gasteiger partial charge in [0.25, 0.3) is 11.6 Å². The van der Waals surface area contributed by atoms with Crippen molar-refractivity contribution in [1.29, 1.82) is 0 Å². The molecule has 8 heteroatoms. The molecule has 1 amide bonds. The number of aryl methyl sites for hydroxylation is 1. The summed E-state index contributed by atoms with van der Waals surface area (Å²) in [5.41, 5.74) is -0.612. The smallest absolute Gasteiger partial charge is 0.313 e. The lowest BCUT2D eigenvalue weighted by Gasteiger charge is -2.39. The average Bonchev–Trinajstić information content (AvgIpc) is 2.54. The topological polar surface area (TPSA) is 110 Å². The molecule has 8 nitrogen and oxygen atoms in total. The van der Waals surface area contributed by atoms with E-state index in [9.17, 15) is 24.8 Å². The van der Waals surface area contributed by atoms with Gasteiger partial charge in [0, 0.05) is 37.4 Å². The molecule has 1 fully saturated rings. The van der Waals surface area contributed by atoms with Crippen LogP contribution in [0.1, 0.15) is 28.8 Å². The van der Waals surface area contributed by atoms with Gasteiger partial charge < -0.3 is 14.7 Å². The zero-order valence-electron chi connectivity index (χ0n) is 13.7. The van der Waals surface area contributed by atoms with Crippen LogP contribution in [0.2, 0.25) is 0 Å². The molecule has 1 atom stereocenters. The van der Waals surface area contributed by atoms with E-state index in [0.717, 1.165) is 0 Å². The van der Waals surface area contributed by atoms with Crippen molar-refractivity contribution in [3.63, 3.8) is 0 Å². The number of carbonyl (C=O) groups excluding carboxylic acids is 1. The third-order valence-electron chi connectivity index (χ3n) is 4.39. The van der Waals surface area contributed by atoms with Crippen LogP contribution in [0.3, 0.4) is 0 Å². The van der Waals surface area contributed by atoms with Crippen molar-refractivity contribution in [3.05, 3.63) is 39.4 Å². The molecule has 24 heavy (non-hydrogen) atoms. The summed E-state index contributed by atoms with van der Waals surface area (Å²) in [4.78, 5) is 36.3. The number of aliphatic carboxylic acids is 1. The van der Waals surface area contributed by atoms with E-state index in [2.05, 4.69) is 0 Å². The first-order chi connectivity index (χ1) is 11.3. The molecule has 1 aromatic rings. The van der Waals surface area contributed by atoms with Crippen LogP contribution in [0.25, 0.3) is 0 Å². The number of benzene rings is 1. The quantitative estimate of drug-likeness (QED) is 0.649. The molecule has 0 bridgehead atoms. The molecule has 130 valence electrons. The van der Waals surface area contributed by atoms with E-state index in [0.29, 0.717) is 24.9 Å². The summed E-state index contributed by atoms with van der Waals surface area (Å²) in [7, 11) is 1.43. The van der Waals surface area contributed by atoms with Gasteiger partial charge in [-0.25, -0.2) is 0 Å². The Morgan fingerprint density at radius 1 is 1.46 bits per heavy atom. The van der Waals surface area contributed by atoms with Gasteiger partial charge >= 0.3 is 5.97 Å². The highest BCUT2D eigenvalue weighted by molar-refractivity contribution is 5.95. The lowest BCUT2D eigenvalue weighted by molar-refractivity contribution is -0.385. The molecule has 1 heterocycles. The Kier molecular flexibility index (Phi) is 5.18. The van der Waals surface area contributed by atoms with Crippen LogP contribution in [0, 0.1) is 22.5 Å². The number of nitro groups is 1. The molecule has 0 aromatic heterocycles. The predicted molar refractivity (Wildman–Crippen MR) is 84.9 cm³/mol. The van der Waals surface area contributed by atoms with Crippen LogP contribution < -0.4 is 0 Å². The molecular formula is C16H20N2O6. The van der Waals surface area contributed by atoms with E-state index in [-0.39, 0.29) is 24.4 Å². The summed E-state index contributed by atoms with van der Waals surface area (Å²) in [6.07, 6.45) is 0.962. The summed E-state index contributed by atoms with van der Waals surface area (Å²) >= 11 is 0. The van der Waals surface area contributed by atoms with Crippen LogP contribution >= 0.6 is 0 Å². The molecule has 0 aliphatic carbocycles. The first-order valence-electron chi connectivity index (χ1n) is 7.57. The molecular weight excluding hydrogens is 316 g/mol. The van der Waals surface area contributed by atoms with Crippen molar-refractivity contribution >= 4 is 17.6 Å². The Bertz CT molecular complexity index is 671. The second-order valence-electron chi connectivity index (χ2n) is 6.11. The summed E-state index contributed by atoms with van der Waals surface area (Å²) in [6.45, 7) is 2.05. The second-order valence-corrected chi connectivity index (χ2v) is 6.11. The van der Waals surface area contributed by atoms with Gasteiger partial charge in [-0.1, -0.05) is 6.07 Å². The average molecular weight is 336 g/mol. The number of hydrogen-bond acceptors (Lipinski definition) is 5. The maximum atomic E-state index is 12.7. The van der Waals surface area contributed by atoms with E-state index in [1.807, 2.05) is 0 Å². The zero-order chi connectivity index (χ0) is 17.9. The normalized spacial score (nSPS) is 20.7. The van der Waals surface area contributed by atoms with Gasteiger partial charge in [0.1, 0.15) is 5.41 Å². The van der Waals surface area contributed by atoms with E-state index in [1.165, 1.54) is 30.2 Å². The van der Waals surface area contributed by atoms with Gasteiger partial charge in [0.15, 0.2) is 0 Å². The Morgan fingerprint density at radius 3 is 2.75 bits per heavy atom. The SMILES string of the molecule is COCC1(C(=O)O)CCCN(C(=O)c2ccc(C)c([N+](=O)[O-])c2)C1. The third-order valence-corrected chi connectivity index (χ3v) is 4.39. The van der Waals surface area contributed by atoms with Gasteiger partial charge in [-0.2, -0.15) is 0 Å². The molecule has 0 radical (unpaired) electrons. The zero-order valence-corrected chi connectivity index (χ0v) is 13.7. The molecule has 1 unspecified atom stereocenters. The molecule has 1 N–H and O–H groups in total. The van der Waals surface area contributed by atoms with Crippen molar-refractivity contribution in [2.45, 2.75) is 19.8 Å². The van der Waals surface area contributed by atoms with Crippen molar-refractivity contribution in [1.82, 2.24) is 4.90 Å². The number of nitro benzene ring substituents is 1. The van der Waals surface area contributed by atoms with Crippen LogP contribution in [0.15, 0.2) is 18.2 Å². The van der Waals surface area contributed by atoms with Crippen molar-refractivity contribution < 1.29 is 24.4 Å². The third kappa shape index (κ3) is 3.38. The maximum absolute atomic E-state index is 12.7. The highest BCUT2D eigenvalue weighted by Gasteiger charge is 2.44. The highest BCUT2D eigenvalue weighted by Crippen LogP contribution is 2.32. The molecule has 2 rings (SSSR count). The van der Waals surface area contributed by atoms with Gasteiger partial charge in [-0.15, -0.1) is 0 Å². The number of hydrogen-bond donors (Lipinski definition) is 1. The Morgan fingerprint density at radius 2 is 2.17 bits per heavy atom. The van der Waals surface area contributed by atoms with Gasteiger partial charge in [-0.05, 0) is 25.8 Å². The van der Waals surface area contributed by atoms with Crippen LogP contribution in [-0.4, -0.2) is 53.6 Å². The van der Waals surface area contributed by atoms with Crippen molar-refractivity contribution in [2.24, 2.45) is 5.41 Å². The summed E-state index contributed by atoms with van der Waals surface area (Å²) in [6, 6.07) is 4.29. The number of carbonyl (C=O) groups is 2. The van der Waals surface area contributed by atoms with E-state index in [1.54, 1.807) is 6.92 Å². The molecule has 0 saturated carbocycles.